The molecule has 0 amide bonds. The molecule has 3 aromatic carbocycles. The summed E-state index contributed by atoms with van der Waals surface area (Å²) in [5, 5.41) is 2.64. The molecule has 1 aliphatic rings. The second-order valence-corrected chi connectivity index (χ2v) is 6.96. The molecule has 0 atom stereocenters. The Balaban J connectivity index is 1.73. The van der Waals surface area contributed by atoms with Crippen LogP contribution in [-0.2, 0) is 0 Å². The molecule has 0 saturated heterocycles. The molecule has 1 aliphatic heterocycles. The lowest BCUT2D eigenvalue weighted by molar-refractivity contribution is 0.414. The Labute approximate surface area is 168 Å². The number of thiocarbonyl (C=S) groups is 1. The van der Waals surface area contributed by atoms with E-state index in [9.17, 15) is 0 Å². The Bertz CT molecular complexity index is 963. The number of hydrogen-bond acceptors (Lipinski definition) is 4. The van der Waals surface area contributed by atoms with Crippen molar-refractivity contribution in [2.24, 2.45) is 0 Å². The molecule has 0 aliphatic carbocycles. The van der Waals surface area contributed by atoms with Gasteiger partial charge in [-0.1, -0.05) is 42.0 Å². The molecule has 0 saturated carbocycles. The average Bonchev–Trinajstić information content (AvgIpc) is 2.71. The summed E-state index contributed by atoms with van der Waals surface area (Å²) in [5.74, 6) is 0.817. The van der Waals surface area contributed by atoms with Crippen LogP contribution in [0, 0.1) is 0 Å². The topological polar surface area (TPSA) is 27.7 Å². The lowest BCUT2D eigenvalue weighted by Gasteiger charge is -2.40. The van der Waals surface area contributed by atoms with Gasteiger partial charge in [0.25, 0.3) is 0 Å². The van der Waals surface area contributed by atoms with Gasteiger partial charge in [0.2, 0.25) is 0 Å². The SMILES string of the molecule is COc1ccc(N2CN(Nc3ccccc3)C(=S)c3ccc(Cl)cc32)cc1. The van der Waals surface area contributed by atoms with E-state index in [0.29, 0.717) is 11.7 Å². The van der Waals surface area contributed by atoms with Gasteiger partial charge in [0.15, 0.2) is 0 Å². The van der Waals surface area contributed by atoms with E-state index in [1.54, 1.807) is 7.11 Å². The smallest absolute Gasteiger partial charge is 0.131 e. The first kappa shape index (κ1) is 17.6. The van der Waals surface area contributed by atoms with Crippen molar-refractivity contribution in [1.82, 2.24) is 5.01 Å². The summed E-state index contributed by atoms with van der Waals surface area (Å²) < 4.78 is 5.28. The molecule has 0 radical (unpaired) electrons. The van der Waals surface area contributed by atoms with Gasteiger partial charge in [-0.25, -0.2) is 0 Å². The highest BCUT2D eigenvalue weighted by atomic mass is 35.5. The Morgan fingerprint density at radius 2 is 1.74 bits per heavy atom. The average molecular weight is 396 g/mol. The number of nitrogens with one attached hydrogen (secondary N) is 1. The maximum Gasteiger partial charge on any atom is 0.131 e. The molecule has 4 nitrogen and oxygen atoms in total. The van der Waals surface area contributed by atoms with E-state index in [2.05, 4.69) is 10.3 Å². The minimum absolute atomic E-state index is 0.549. The van der Waals surface area contributed by atoms with Crippen molar-refractivity contribution in [3.63, 3.8) is 0 Å². The third-order valence-electron chi connectivity index (χ3n) is 4.43. The van der Waals surface area contributed by atoms with E-state index >= 15 is 0 Å². The summed E-state index contributed by atoms with van der Waals surface area (Å²) in [7, 11) is 1.66. The molecular formula is C21H18ClN3OS. The summed E-state index contributed by atoms with van der Waals surface area (Å²) in [6, 6.07) is 23.7. The Hall–Kier alpha value is -2.76. The molecule has 1 N–H and O–H groups in total. The largest absolute Gasteiger partial charge is 0.497 e. The van der Waals surface area contributed by atoms with Gasteiger partial charge in [-0.3, -0.25) is 10.4 Å². The fraction of sp³-hybridized carbons (Fsp3) is 0.0952. The molecule has 1 heterocycles. The van der Waals surface area contributed by atoms with Crippen molar-refractivity contribution in [3.05, 3.63) is 83.4 Å². The van der Waals surface area contributed by atoms with Crippen molar-refractivity contribution < 1.29 is 4.74 Å². The van der Waals surface area contributed by atoms with Crippen molar-refractivity contribution in [3.8, 4) is 5.75 Å². The van der Waals surface area contributed by atoms with Gasteiger partial charge < -0.3 is 9.64 Å². The van der Waals surface area contributed by atoms with Gasteiger partial charge in [-0.2, -0.15) is 0 Å². The van der Waals surface area contributed by atoms with Crippen LogP contribution in [-0.4, -0.2) is 23.8 Å². The van der Waals surface area contributed by atoms with E-state index in [0.717, 1.165) is 33.4 Å². The zero-order valence-corrected chi connectivity index (χ0v) is 16.3. The molecule has 27 heavy (non-hydrogen) atoms. The Morgan fingerprint density at radius 1 is 1.00 bits per heavy atom. The standard InChI is InChI=1S/C21H18ClN3OS/c1-26-18-10-8-17(9-11-18)24-14-25(23-16-5-3-2-4-6-16)21(27)19-12-7-15(22)13-20(19)24/h2-13,23H,14H2,1H3. The van der Waals surface area contributed by atoms with Gasteiger partial charge in [0, 0.05) is 16.3 Å². The van der Waals surface area contributed by atoms with E-state index < -0.39 is 0 Å². The second kappa shape index (κ2) is 7.47. The fourth-order valence-electron chi connectivity index (χ4n) is 3.07. The molecule has 0 unspecified atom stereocenters. The summed E-state index contributed by atoms with van der Waals surface area (Å²) in [6.07, 6.45) is 0. The predicted octanol–water partition coefficient (Wildman–Crippen LogP) is 5.46. The second-order valence-electron chi connectivity index (χ2n) is 6.14. The number of methoxy groups -OCH3 is 1. The lowest BCUT2D eigenvalue weighted by Crippen LogP contribution is -2.47. The fourth-order valence-corrected chi connectivity index (χ4v) is 3.52. The molecule has 0 spiro atoms. The molecule has 136 valence electrons. The molecule has 6 heteroatoms. The predicted molar refractivity (Wildman–Crippen MR) is 115 cm³/mol. The van der Waals surface area contributed by atoms with Crippen LogP contribution in [0.25, 0.3) is 0 Å². The zero-order valence-electron chi connectivity index (χ0n) is 14.7. The van der Waals surface area contributed by atoms with Crippen LogP contribution in [0.1, 0.15) is 5.56 Å². The number of hydrazine groups is 1. The Morgan fingerprint density at radius 3 is 2.44 bits per heavy atom. The molecule has 0 fully saturated rings. The molecule has 4 rings (SSSR count). The van der Waals surface area contributed by atoms with Crippen LogP contribution in [0.3, 0.4) is 0 Å². The third-order valence-corrected chi connectivity index (χ3v) is 5.11. The zero-order chi connectivity index (χ0) is 18.8. The Kier molecular flexibility index (Phi) is 4.88. The minimum atomic E-state index is 0.549. The minimum Gasteiger partial charge on any atom is -0.497 e. The highest BCUT2D eigenvalue weighted by molar-refractivity contribution is 7.80. The number of halogens is 1. The van der Waals surface area contributed by atoms with Gasteiger partial charge in [-0.05, 0) is 54.6 Å². The van der Waals surface area contributed by atoms with Crippen molar-refractivity contribution in [2.45, 2.75) is 0 Å². The van der Waals surface area contributed by atoms with Gasteiger partial charge in [-0.15, -0.1) is 0 Å². The van der Waals surface area contributed by atoms with E-state index in [-0.39, 0.29) is 0 Å². The molecular weight excluding hydrogens is 378 g/mol. The summed E-state index contributed by atoms with van der Waals surface area (Å²) >= 11 is 12.0. The first-order valence-corrected chi connectivity index (χ1v) is 9.29. The number of fused-ring (bicyclic) bond motifs is 1. The summed E-state index contributed by atoms with van der Waals surface area (Å²) in [5.41, 5.74) is 7.36. The maximum absolute atomic E-state index is 6.27. The van der Waals surface area contributed by atoms with Crippen molar-refractivity contribution in [1.29, 1.82) is 0 Å². The molecule has 0 bridgehead atoms. The number of hydrogen-bond donors (Lipinski definition) is 1. The number of benzene rings is 3. The maximum atomic E-state index is 6.27. The molecule has 0 aromatic heterocycles. The number of ether oxygens (including phenoxy) is 1. The van der Waals surface area contributed by atoms with Crippen LogP contribution in [0.2, 0.25) is 5.02 Å². The highest BCUT2D eigenvalue weighted by Crippen LogP contribution is 2.36. The highest BCUT2D eigenvalue weighted by Gasteiger charge is 2.28. The van der Waals surface area contributed by atoms with Gasteiger partial charge >= 0.3 is 0 Å². The summed E-state index contributed by atoms with van der Waals surface area (Å²) in [6.45, 7) is 0.549. The third kappa shape index (κ3) is 3.56. The van der Waals surface area contributed by atoms with E-state index in [1.165, 1.54) is 0 Å². The first-order chi connectivity index (χ1) is 13.2. The van der Waals surface area contributed by atoms with E-state index in [4.69, 9.17) is 28.6 Å². The monoisotopic (exact) mass is 395 g/mol. The first-order valence-electron chi connectivity index (χ1n) is 8.50. The summed E-state index contributed by atoms with van der Waals surface area (Å²) in [4.78, 5) is 2.90. The number of rotatable bonds is 4. The number of nitrogens with zero attached hydrogens (tertiary/aromatic N) is 2. The quantitative estimate of drug-likeness (QED) is 0.592. The van der Waals surface area contributed by atoms with E-state index in [1.807, 2.05) is 77.8 Å². The van der Waals surface area contributed by atoms with Crippen LogP contribution < -0.4 is 15.1 Å². The number of para-hydroxylation sites is 1. The van der Waals surface area contributed by atoms with Crippen LogP contribution >= 0.6 is 23.8 Å². The van der Waals surface area contributed by atoms with Crippen LogP contribution in [0.5, 0.6) is 5.75 Å². The van der Waals surface area contributed by atoms with Crippen molar-refractivity contribution in [2.75, 3.05) is 24.1 Å². The van der Waals surface area contributed by atoms with Gasteiger partial charge in [0.05, 0.1) is 18.5 Å². The van der Waals surface area contributed by atoms with Crippen LogP contribution in [0.4, 0.5) is 17.1 Å². The van der Waals surface area contributed by atoms with Crippen molar-refractivity contribution >= 4 is 45.9 Å². The van der Waals surface area contributed by atoms with Gasteiger partial charge in [0.1, 0.15) is 17.4 Å². The van der Waals surface area contributed by atoms with Crippen LogP contribution in [0.15, 0.2) is 72.8 Å². The lowest BCUT2D eigenvalue weighted by atomic mass is 10.1. The molecule has 3 aromatic rings. The normalized spacial score (nSPS) is 13.3. The number of anilines is 3.